The van der Waals surface area contributed by atoms with E-state index in [0.717, 1.165) is 18.4 Å². The van der Waals surface area contributed by atoms with Gasteiger partial charge >= 0.3 is 12.1 Å². The van der Waals surface area contributed by atoms with Gasteiger partial charge in [0.25, 0.3) is 0 Å². The maximum Gasteiger partial charge on any atom is 0.408 e. The fourth-order valence-corrected chi connectivity index (χ4v) is 4.02. The summed E-state index contributed by atoms with van der Waals surface area (Å²) in [5.41, 5.74) is -1.32. The lowest BCUT2D eigenvalue weighted by Crippen LogP contribution is -2.55. The van der Waals surface area contributed by atoms with Gasteiger partial charge in [0, 0.05) is 26.6 Å². The Morgan fingerprint density at radius 2 is 1.70 bits per heavy atom. The second-order valence-electron chi connectivity index (χ2n) is 11.1. The van der Waals surface area contributed by atoms with Crippen molar-refractivity contribution in [3.63, 3.8) is 0 Å². The number of aliphatic hydroxyl groups is 1. The first kappa shape index (κ1) is 32.5. The fourth-order valence-electron chi connectivity index (χ4n) is 4.02. The molecule has 9 heteroatoms. The van der Waals surface area contributed by atoms with Crippen molar-refractivity contribution in [2.24, 2.45) is 11.8 Å². The van der Waals surface area contributed by atoms with Gasteiger partial charge in [-0.05, 0) is 76.5 Å². The van der Waals surface area contributed by atoms with E-state index < -0.39 is 29.3 Å². The van der Waals surface area contributed by atoms with E-state index in [4.69, 9.17) is 18.9 Å². The molecule has 0 saturated carbocycles. The lowest BCUT2D eigenvalue weighted by Gasteiger charge is -2.31. The molecule has 0 aliphatic carbocycles. The van der Waals surface area contributed by atoms with E-state index in [9.17, 15) is 19.8 Å². The first-order chi connectivity index (χ1) is 17.2. The standard InChI is InChI=1S/C28H47NO8/c1-19(2)21(16-20-10-13-23(35-8)24(17-20)36-15-9-14-34-7)11-12-22(30)18-28(6,25(31)32)29-26(33)37-27(3,4)5/h10,13,17,19,21-22,30H,9,11-12,14-16,18H2,1-8H3,(H,29,33)(H,31,32)/t21-,22-,28+/m0/s1. The number of aliphatic hydroxyl groups excluding tert-OH is 1. The first-order valence-electron chi connectivity index (χ1n) is 12.9. The quantitative estimate of drug-likeness (QED) is 0.262. The Morgan fingerprint density at radius 3 is 2.24 bits per heavy atom. The van der Waals surface area contributed by atoms with Crippen LogP contribution in [-0.2, 0) is 20.7 Å². The minimum absolute atomic E-state index is 0.131. The molecule has 3 N–H and O–H groups in total. The third-order valence-electron chi connectivity index (χ3n) is 6.18. The van der Waals surface area contributed by atoms with Crippen molar-refractivity contribution in [3.8, 4) is 11.5 Å². The predicted octanol–water partition coefficient (Wildman–Crippen LogP) is 4.82. The maximum absolute atomic E-state index is 12.2. The molecule has 0 aliphatic rings. The summed E-state index contributed by atoms with van der Waals surface area (Å²) >= 11 is 0. The monoisotopic (exact) mass is 525 g/mol. The Bertz CT molecular complexity index is 851. The van der Waals surface area contributed by atoms with E-state index in [1.807, 2.05) is 18.2 Å². The number of benzene rings is 1. The number of carboxylic acids is 1. The Kier molecular flexibility index (Phi) is 13.2. The third kappa shape index (κ3) is 12.0. The average molecular weight is 526 g/mol. The molecule has 1 amide bonds. The summed E-state index contributed by atoms with van der Waals surface area (Å²) in [6.07, 6.45) is 0.769. The normalized spacial score (nSPS) is 15.0. The highest BCUT2D eigenvalue weighted by Gasteiger charge is 2.38. The highest BCUT2D eigenvalue weighted by Crippen LogP contribution is 2.31. The van der Waals surface area contributed by atoms with Gasteiger partial charge in [0.15, 0.2) is 11.5 Å². The van der Waals surface area contributed by atoms with Gasteiger partial charge in [-0.1, -0.05) is 19.9 Å². The molecule has 0 bridgehead atoms. The number of nitrogens with one attached hydrogen (secondary N) is 1. The Balaban J connectivity index is 2.82. The predicted molar refractivity (Wildman–Crippen MR) is 142 cm³/mol. The molecule has 1 rings (SSSR count). The summed E-state index contributed by atoms with van der Waals surface area (Å²) in [5, 5.41) is 22.9. The molecule has 37 heavy (non-hydrogen) atoms. The van der Waals surface area contributed by atoms with Gasteiger partial charge in [-0.3, -0.25) is 0 Å². The SMILES string of the molecule is COCCCOc1cc(C[C@H](CC[C@H](O)C[C@@](C)(NC(=O)OC(C)(C)C)C(=O)O)C(C)C)ccc1OC. The lowest BCUT2D eigenvalue weighted by molar-refractivity contribution is -0.145. The number of aliphatic carboxylic acids is 1. The number of hydrogen-bond acceptors (Lipinski definition) is 7. The van der Waals surface area contributed by atoms with Crippen molar-refractivity contribution in [2.45, 2.75) is 90.9 Å². The van der Waals surface area contributed by atoms with Gasteiger partial charge in [0.1, 0.15) is 11.1 Å². The molecule has 9 nitrogen and oxygen atoms in total. The number of carbonyl (C=O) groups is 2. The fraction of sp³-hybridized carbons (Fsp3) is 0.714. The van der Waals surface area contributed by atoms with Crippen LogP contribution in [0.15, 0.2) is 18.2 Å². The molecule has 1 aromatic carbocycles. The van der Waals surface area contributed by atoms with Crippen LogP contribution in [0.1, 0.15) is 72.8 Å². The molecule has 3 atom stereocenters. The van der Waals surface area contributed by atoms with Crippen LogP contribution in [0.3, 0.4) is 0 Å². The smallest absolute Gasteiger partial charge is 0.408 e. The highest BCUT2D eigenvalue weighted by molar-refractivity contribution is 5.84. The van der Waals surface area contributed by atoms with E-state index in [1.54, 1.807) is 35.0 Å². The molecule has 0 fully saturated rings. The van der Waals surface area contributed by atoms with Crippen LogP contribution in [0, 0.1) is 11.8 Å². The Labute approximate surface area is 221 Å². The molecule has 0 aromatic heterocycles. The van der Waals surface area contributed by atoms with Gasteiger partial charge in [0.05, 0.1) is 19.8 Å². The molecule has 0 radical (unpaired) electrons. The largest absolute Gasteiger partial charge is 0.493 e. The van der Waals surface area contributed by atoms with Crippen LogP contribution in [0.5, 0.6) is 11.5 Å². The van der Waals surface area contributed by atoms with Gasteiger partial charge in [-0.25, -0.2) is 9.59 Å². The summed E-state index contributed by atoms with van der Waals surface area (Å²) in [4.78, 5) is 24.1. The second kappa shape index (κ2) is 15.0. The lowest BCUT2D eigenvalue weighted by atomic mass is 9.83. The number of hydrogen-bond donors (Lipinski definition) is 3. The number of ether oxygens (including phenoxy) is 4. The zero-order valence-electron chi connectivity index (χ0n) is 23.8. The van der Waals surface area contributed by atoms with Gasteiger partial charge < -0.3 is 34.5 Å². The van der Waals surface area contributed by atoms with Crippen molar-refractivity contribution >= 4 is 12.1 Å². The van der Waals surface area contributed by atoms with Crippen molar-refractivity contribution < 1.29 is 38.7 Å². The molecule has 0 saturated heterocycles. The van der Waals surface area contributed by atoms with Crippen LogP contribution in [-0.4, -0.2) is 67.0 Å². The highest BCUT2D eigenvalue weighted by atomic mass is 16.6. The summed E-state index contributed by atoms with van der Waals surface area (Å²) in [6.45, 7) is 11.9. The number of carboxylic acid groups (broad SMARTS) is 1. The van der Waals surface area contributed by atoms with E-state index in [-0.39, 0.29) is 12.3 Å². The summed E-state index contributed by atoms with van der Waals surface area (Å²) in [7, 11) is 3.27. The van der Waals surface area contributed by atoms with Crippen LogP contribution < -0.4 is 14.8 Å². The van der Waals surface area contributed by atoms with Gasteiger partial charge in [0.2, 0.25) is 0 Å². The van der Waals surface area contributed by atoms with E-state index in [0.29, 0.717) is 43.5 Å². The Hall–Kier alpha value is -2.52. The second-order valence-corrected chi connectivity index (χ2v) is 11.1. The number of alkyl carbamates (subject to hydrolysis) is 1. The molecule has 1 aromatic rings. The first-order valence-corrected chi connectivity index (χ1v) is 12.9. The summed E-state index contributed by atoms with van der Waals surface area (Å²) in [6, 6.07) is 5.90. The summed E-state index contributed by atoms with van der Waals surface area (Å²) < 4.78 is 21.6. The molecule has 0 unspecified atom stereocenters. The zero-order chi connectivity index (χ0) is 28.2. The molecular weight excluding hydrogens is 478 g/mol. The topological polar surface area (TPSA) is 124 Å². The van der Waals surface area contributed by atoms with Crippen molar-refractivity contribution in [3.05, 3.63) is 23.8 Å². The minimum Gasteiger partial charge on any atom is -0.493 e. The molecule has 0 aliphatic heterocycles. The summed E-state index contributed by atoms with van der Waals surface area (Å²) in [5.74, 6) is 0.715. The number of methoxy groups -OCH3 is 2. The maximum atomic E-state index is 12.2. The molecule has 0 spiro atoms. The van der Waals surface area contributed by atoms with Gasteiger partial charge in [-0.2, -0.15) is 0 Å². The number of carbonyl (C=O) groups excluding carboxylic acids is 1. The molecular formula is C28H47NO8. The zero-order valence-corrected chi connectivity index (χ0v) is 23.8. The van der Waals surface area contributed by atoms with Gasteiger partial charge in [-0.15, -0.1) is 0 Å². The third-order valence-corrected chi connectivity index (χ3v) is 6.18. The Morgan fingerprint density at radius 1 is 1.03 bits per heavy atom. The van der Waals surface area contributed by atoms with E-state index in [2.05, 4.69) is 19.2 Å². The van der Waals surface area contributed by atoms with Crippen LogP contribution in [0.25, 0.3) is 0 Å². The minimum atomic E-state index is -1.65. The van der Waals surface area contributed by atoms with E-state index >= 15 is 0 Å². The molecule has 212 valence electrons. The van der Waals surface area contributed by atoms with Crippen molar-refractivity contribution in [1.29, 1.82) is 0 Å². The van der Waals surface area contributed by atoms with Crippen LogP contribution >= 0.6 is 0 Å². The number of rotatable bonds is 16. The van der Waals surface area contributed by atoms with Crippen molar-refractivity contribution in [1.82, 2.24) is 5.32 Å². The average Bonchev–Trinajstić information content (AvgIpc) is 2.77. The number of amides is 1. The van der Waals surface area contributed by atoms with Crippen LogP contribution in [0.2, 0.25) is 0 Å². The van der Waals surface area contributed by atoms with Crippen LogP contribution in [0.4, 0.5) is 4.79 Å². The van der Waals surface area contributed by atoms with E-state index in [1.165, 1.54) is 6.92 Å². The van der Waals surface area contributed by atoms with Crippen molar-refractivity contribution in [2.75, 3.05) is 27.4 Å². The molecule has 0 heterocycles.